The van der Waals surface area contributed by atoms with E-state index in [2.05, 4.69) is 4.98 Å². The van der Waals surface area contributed by atoms with E-state index in [1.807, 2.05) is 47.9 Å². The van der Waals surface area contributed by atoms with Crippen molar-refractivity contribution in [2.45, 2.75) is 6.92 Å². The lowest BCUT2D eigenvalue weighted by Gasteiger charge is -2.01. The van der Waals surface area contributed by atoms with Gasteiger partial charge in [0.2, 0.25) is 6.79 Å². The van der Waals surface area contributed by atoms with Gasteiger partial charge in [-0.05, 0) is 36.8 Å². The molecule has 0 bridgehead atoms. The Labute approximate surface area is 115 Å². The van der Waals surface area contributed by atoms with Gasteiger partial charge < -0.3 is 15.2 Å². The van der Waals surface area contributed by atoms with Gasteiger partial charge in [-0.3, -0.25) is 4.40 Å². The highest BCUT2D eigenvalue weighted by Crippen LogP contribution is 2.37. The predicted octanol–water partition coefficient (Wildman–Crippen LogP) is 2.62. The Balaban J connectivity index is 1.94. The molecule has 0 saturated carbocycles. The molecule has 100 valence electrons. The summed E-state index contributed by atoms with van der Waals surface area (Å²) in [5.41, 5.74) is 9.86. The second kappa shape index (κ2) is 3.90. The van der Waals surface area contributed by atoms with Crippen LogP contribution in [-0.4, -0.2) is 16.2 Å². The molecular weight excluding hydrogens is 254 g/mol. The maximum absolute atomic E-state index is 6.21. The van der Waals surface area contributed by atoms with Gasteiger partial charge in [0.1, 0.15) is 17.2 Å². The number of rotatable bonds is 1. The van der Waals surface area contributed by atoms with Gasteiger partial charge >= 0.3 is 0 Å². The molecule has 1 aliphatic rings. The largest absolute Gasteiger partial charge is 0.454 e. The summed E-state index contributed by atoms with van der Waals surface area (Å²) < 4.78 is 12.6. The number of aromatic nitrogens is 2. The number of aryl methyl sites for hydroxylation is 1. The van der Waals surface area contributed by atoms with Crippen LogP contribution in [0.2, 0.25) is 0 Å². The third-order valence-corrected chi connectivity index (χ3v) is 3.53. The normalized spacial score (nSPS) is 13.1. The molecule has 0 saturated heterocycles. The van der Waals surface area contributed by atoms with Crippen LogP contribution in [0, 0.1) is 6.92 Å². The lowest BCUT2D eigenvalue weighted by Crippen LogP contribution is -1.94. The van der Waals surface area contributed by atoms with Crippen LogP contribution in [0.15, 0.2) is 36.5 Å². The van der Waals surface area contributed by atoms with Gasteiger partial charge in [0, 0.05) is 11.8 Å². The first-order chi connectivity index (χ1) is 9.74. The molecule has 0 atom stereocenters. The zero-order chi connectivity index (χ0) is 13.7. The van der Waals surface area contributed by atoms with Crippen molar-refractivity contribution in [2.75, 3.05) is 12.5 Å². The van der Waals surface area contributed by atoms with Crippen LogP contribution in [0.25, 0.3) is 16.9 Å². The molecule has 0 aliphatic carbocycles. The Morgan fingerprint density at radius 3 is 2.90 bits per heavy atom. The maximum atomic E-state index is 6.21. The van der Waals surface area contributed by atoms with E-state index in [0.29, 0.717) is 5.82 Å². The number of pyridine rings is 1. The number of anilines is 1. The first-order valence-electron chi connectivity index (χ1n) is 6.37. The summed E-state index contributed by atoms with van der Waals surface area (Å²) in [7, 11) is 0. The molecule has 3 aromatic rings. The average molecular weight is 267 g/mol. The molecule has 0 amide bonds. The lowest BCUT2D eigenvalue weighted by molar-refractivity contribution is 0.174. The van der Waals surface area contributed by atoms with E-state index in [9.17, 15) is 0 Å². The Kier molecular flexibility index (Phi) is 2.18. The molecule has 1 aromatic carbocycles. The standard InChI is InChI=1S/C15H13N3O2/c1-9-3-2-6-18-14(16)13(17-15(9)18)10-4-5-11-12(7-10)20-8-19-11/h2-7H,8,16H2,1H3. The third kappa shape index (κ3) is 1.46. The third-order valence-electron chi connectivity index (χ3n) is 3.53. The summed E-state index contributed by atoms with van der Waals surface area (Å²) in [6, 6.07) is 9.72. The van der Waals surface area contributed by atoms with Gasteiger partial charge in [0.15, 0.2) is 11.5 Å². The van der Waals surface area contributed by atoms with Crippen LogP contribution in [-0.2, 0) is 0 Å². The summed E-state index contributed by atoms with van der Waals surface area (Å²) in [5.74, 6) is 2.12. The van der Waals surface area contributed by atoms with Crippen molar-refractivity contribution in [1.82, 2.24) is 9.38 Å². The number of nitrogen functional groups attached to an aromatic ring is 1. The number of benzene rings is 1. The van der Waals surface area contributed by atoms with Crippen LogP contribution >= 0.6 is 0 Å². The van der Waals surface area contributed by atoms with E-state index in [1.54, 1.807) is 0 Å². The molecule has 5 heteroatoms. The topological polar surface area (TPSA) is 61.8 Å². The van der Waals surface area contributed by atoms with Crippen LogP contribution in [0.5, 0.6) is 11.5 Å². The summed E-state index contributed by atoms with van der Waals surface area (Å²) >= 11 is 0. The number of fused-ring (bicyclic) bond motifs is 2. The van der Waals surface area contributed by atoms with Crippen molar-refractivity contribution >= 4 is 11.5 Å². The summed E-state index contributed by atoms with van der Waals surface area (Å²) in [4.78, 5) is 4.65. The Morgan fingerprint density at radius 1 is 1.20 bits per heavy atom. The molecule has 1 aliphatic heterocycles. The summed E-state index contributed by atoms with van der Waals surface area (Å²) in [6.07, 6.45) is 1.92. The molecule has 0 spiro atoms. The SMILES string of the molecule is Cc1cccn2c(N)c(-c3ccc4c(c3)OCO4)nc12. The van der Waals surface area contributed by atoms with Crippen molar-refractivity contribution in [1.29, 1.82) is 0 Å². The molecule has 2 N–H and O–H groups in total. The zero-order valence-electron chi connectivity index (χ0n) is 11.0. The van der Waals surface area contributed by atoms with E-state index < -0.39 is 0 Å². The van der Waals surface area contributed by atoms with E-state index in [-0.39, 0.29) is 6.79 Å². The monoisotopic (exact) mass is 267 g/mol. The number of hydrogen-bond acceptors (Lipinski definition) is 4. The van der Waals surface area contributed by atoms with Crippen LogP contribution in [0.3, 0.4) is 0 Å². The molecule has 3 heterocycles. The number of nitrogens with zero attached hydrogens (tertiary/aromatic N) is 2. The van der Waals surface area contributed by atoms with Gasteiger partial charge in [-0.2, -0.15) is 0 Å². The van der Waals surface area contributed by atoms with Crippen LogP contribution in [0.1, 0.15) is 5.56 Å². The number of nitrogens with two attached hydrogens (primary N) is 1. The lowest BCUT2D eigenvalue weighted by atomic mass is 10.1. The predicted molar refractivity (Wildman–Crippen MR) is 75.9 cm³/mol. The summed E-state index contributed by atoms with van der Waals surface area (Å²) in [6.45, 7) is 2.28. The van der Waals surface area contributed by atoms with E-state index >= 15 is 0 Å². The average Bonchev–Trinajstić information content (AvgIpc) is 3.04. The molecule has 5 nitrogen and oxygen atoms in total. The molecule has 2 aromatic heterocycles. The molecule has 4 rings (SSSR count). The van der Waals surface area contributed by atoms with Crippen molar-refractivity contribution < 1.29 is 9.47 Å². The number of hydrogen-bond donors (Lipinski definition) is 1. The van der Waals surface area contributed by atoms with Gasteiger partial charge in [0.25, 0.3) is 0 Å². The highest BCUT2D eigenvalue weighted by molar-refractivity contribution is 5.77. The Hall–Kier alpha value is -2.69. The molecule has 0 radical (unpaired) electrons. The van der Waals surface area contributed by atoms with Gasteiger partial charge in [-0.1, -0.05) is 6.07 Å². The van der Waals surface area contributed by atoms with E-state index in [4.69, 9.17) is 15.2 Å². The van der Waals surface area contributed by atoms with Crippen LogP contribution in [0.4, 0.5) is 5.82 Å². The fourth-order valence-corrected chi connectivity index (χ4v) is 2.48. The second-order valence-corrected chi connectivity index (χ2v) is 4.80. The van der Waals surface area contributed by atoms with Gasteiger partial charge in [-0.15, -0.1) is 0 Å². The fraction of sp³-hybridized carbons (Fsp3) is 0.133. The minimum atomic E-state index is 0.262. The highest BCUT2D eigenvalue weighted by Gasteiger charge is 2.17. The second-order valence-electron chi connectivity index (χ2n) is 4.80. The molecule has 20 heavy (non-hydrogen) atoms. The van der Waals surface area contributed by atoms with Crippen molar-refractivity contribution in [3.8, 4) is 22.8 Å². The fourth-order valence-electron chi connectivity index (χ4n) is 2.48. The quantitative estimate of drug-likeness (QED) is 0.736. The van der Waals surface area contributed by atoms with Crippen molar-refractivity contribution in [2.24, 2.45) is 0 Å². The Morgan fingerprint density at radius 2 is 2.05 bits per heavy atom. The first-order valence-corrected chi connectivity index (χ1v) is 6.37. The van der Waals surface area contributed by atoms with Crippen LogP contribution < -0.4 is 15.2 Å². The Bertz CT molecular complexity index is 823. The van der Waals surface area contributed by atoms with Gasteiger partial charge in [-0.25, -0.2) is 4.98 Å². The smallest absolute Gasteiger partial charge is 0.231 e. The number of imidazole rings is 1. The minimum Gasteiger partial charge on any atom is -0.454 e. The minimum absolute atomic E-state index is 0.262. The maximum Gasteiger partial charge on any atom is 0.231 e. The first kappa shape index (κ1) is 11.2. The van der Waals surface area contributed by atoms with E-state index in [0.717, 1.165) is 34.0 Å². The summed E-state index contributed by atoms with van der Waals surface area (Å²) in [5, 5.41) is 0. The number of ether oxygens (including phenoxy) is 2. The van der Waals surface area contributed by atoms with Crippen molar-refractivity contribution in [3.63, 3.8) is 0 Å². The molecular formula is C15H13N3O2. The van der Waals surface area contributed by atoms with Crippen molar-refractivity contribution in [3.05, 3.63) is 42.1 Å². The van der Waals surface area contributed by atoms with Gasteiger partial charge in [0.05, 0.1) is 0 Å². The van der Waals surface area contributed by atoms with E-state index in [1.165, 1.54) is 0 Å². The highest BCUT2D eigenvalue weighted by atomic mass is 16.7. The molecule has 0 fully saturated rings. The zero-order valence-corrected chi connectivity index (χ0v) is 11.0. The molecule has 0 unspecified atom stereocenters.